The van der Waals surface area contributed by atoms with E-state index in [1.165, 1.54) is 19.4 Å². The molecule has 7 atom stereocenters. The molecule has 0 aromatic rings. The molecule has 5 rings (SSSR count). The minimum absolute atomic E-state index is 0.0794. The molecule has 0 aromatic heterocycles. The summed E-state index contributed by atoms with van der Waals surface area (Å²) < 4.78 is 5.91. The number of likely N-dealkylation sites (N-methyl/N-ethyl adjacent to an activating group) is 1. The van der Waals surface area contributed by atoms with Gasteiger partial charge in [-0.15, -0.1) is 0 Å². The highest BCUT2D eigenvalue weighted by Crippen LogP contribution is 2.91. The van der Waals surface area contributed by atoms with E-state index in [4.69, 9.17) is 4.74 Å². The fourth-order valence-corrected chi connectivity index (χ4v) is 7.66. The molecule has 2 aliphatic heterocycles. The molecule has 104 valence electrons. The monoisotopic (exact) mass is 261 g/mol. The number of carbonyl (C=O) groups is 1. The third-order valence-corrected chi connectivity index (χ3v) is 7.71. The SMILES string of the molecule is CC(C)C1C23OC(=O)C12C1CCC2CN(C)C3C21C. The Hall–Kier alpha value is -0.570. The molecular weight excluding hydrogens is 238 g/mol. The van der Waals surface area contributed by atoms with Crippen LogP contribution in [-0.2, 0) is 9.53 Å². The summed E-state index contributed by atoms with van der Waals surface area (Å²) in [5.41, 5.74) is 0.165. The van der Waals surface area contributed by atoms with Gasteiger partial charge in [0.1, 0.15) is 11.0 Å². The van der Waals surface area contributed by atoms with Gasteiger partial charge in [-0.05, 0) is 43.1 Å². The molecule has 3 nitrogen and oxygen atoms in total. The van der Waals surface area contributed by atoms with Crippen LogP contribution < -0.4 is 0 Å². The van der Waals surface area contributed by atoms with Gasteiger partial charge in [-0.1, -0.05) is 20.8 Å². The lowest BCUT2D eigenvalue weighted by atomic mass is 9.68. The largest absolute Gasteiger partial charge is 0.455 e. The van der Waals surface area contributed by atoms with Crippen molar-refractivity contribution in [3.63, 3.8) is 0 Å². The van der Waals surface area contributed by atoms with Crippen LogP contribution in [0.5, 0.6) is 0 Å². The Balaban J connectivity index is 1.74. The Morgan fingerprint density at radius 2 is 2.11 bits per heavy atom. The van der Waals surface area contributed by atoms with E-state index in [1.807, 2.05) is 0 Å². The molecule has 3 heteroatoms. The van der Waals surface area contributed by atoms with E-state index in [0.29, 0.717) is 29.2 Å². The van der Waals surface area contributed by atoms with Crippen molar-refractivity contribution in [3.8, 4) is 0 Å². The molecule has 0 amide bonds. The van der Waals surface area contributed by atoms with Gasteiger partial charge >= 0.3 is 5.97 Å². The third kappa shape index (κ3) is 0.710. The van der Waals surface area contributed by atoms with Crippen LogP contribution in [0.3, 0.4) is 0 Å². The van der Waals surface area contributed by atoms with Crippen molar-refractivity contribution in [2.24, 2.45) is 34.5 Å². The molecule has 3 saturated carbocycles. The Morgan fingerprint density at radius 1 is 1.37 bits per heavy atom. The maximum atomic E-state index is 12.4. The maximum absolute atomic E-state index is 12.4. The van der Waals surface area contributed by atoms with Gasteiger partial charge in [-0.3, -0.25) is 9.69 Å². The van der Waals surface area contributed by atoms with Gasteiger partial charge in [0.25, 0.3) is 0 Å². The zero-order valence-electron chi connectivity index (χ0n) is 12.3. The van der Waals surface area contributed by atoms with E-state index >= 15 is 0 Å². The Bertz CT molecular complexity index is 517. The highest BCUT2D eigenvalue weighted by molar-refractivity contribution is 5.95. The second-order valence-electron chi connectivity index (χ2n) is 8.31. The lowest BCUT2D eigenvalue weighted by Crippen LogP contribution is -2.53. The Labute approximate surface area is 114 Å². The molecule has 2 heterocycles. The average Bonchev–Trinajstić information content (AvgIpc) is 2.56. The summed E-state index contributed by atoms with van der Waals surface area (Å²) in [6.45, 7) is 8.21. The molecule has 5 aliphatic rings. The number of hydrogen-bond acceptors (Lipinski definition) is 3. The summed E-state index contributed by atoms with van der Waals surface area (Å²) in [5.74, 6) is 2.56. The first-order valence-electron chi connectivity index (χ1n) is 7.87. The fraction of sp³-hybridized carbons (Fsp3) is 0.938. The van der Waals surface area contributed by atoms with Crippen LogP contribution in [0.25, 0.3) is 0 Å². The van der Waals surface area contributed by atoms with E-state index in [0.717, 1.165) is 5.92 Å². The summed E-state index contributed by atoms with van der Waals surface area (Å²) in [4.78, 5) is 14.9. The smallest absolute Gasteiger partial charge is 0.317 e. The fourth-order valence-electron chi connectivity index (χ4n) is 7.66. The van der Waals surface area contributed by atoms with Gasteiger partial charge in [-0.25, -0.2) is 0 Å². The summed E-state index contributed by atoms with van der Waals surface area (Å²) in [6.07, 6.45) is 2.57. The van der Waals surface area contributed by atoms with Crippen LogP contribution >= 0.6 is 0 Å². The van der Waals surface area contributed by atoms with Gasteiger partial charge in [0.05, 0.1) is 6.04 Å². The first-order valence-corrected chi connectivity index (χ1v) is 7.87. The number of likely N-dealkylation sites (tertiary alicyclic amines) is 1. The molecule has 19 heavy (non-hydrogen) atoms. The Morgan fingerprint density at radius 3 is 2.74 bits per heavy atom. The van der Waals surface area contributed by atoms with Crippen molar-refractivity contribution in [3.05, 3.63) is 0 Å². The summed E-state index contributed by atoms with van der Waals surface area (Å²) >= 11 is 0. The number of ether oxygens (including phenoxy) is 1. The normalized spacial score (nSPS) is 64.6. The van der Waals surface area contributed by atoms with E-state index in [1.54, 1.807) is 0 Å². The molecule has 0 N–H and O–H groups in total. The Kier molecular flexibility index (Phi) is 1.53. The van der Waals surface area contributed by atoms with Crippen LogP contribution in [-0.4, -0.2) is 36.1 Å². The summed E-state index contributed by atoms with van der Waals surface area (Å²) in [6, 6.07) is 0.489. The molecule has 2 saturated heterocycles. The highest BCUT2D eigenvalue weighted by Gasteiger charge is 3.03. The van der Waals surface area contributed by atoms with Crippen molar-refractivity contribution < 1.29 is 9.53 Å². The van der Waals surface area contributed by atoms with Gasteiger partial charge in [0, 0.05) is 12.5 Å². The van der Waals surface area contributed by atoms with Crippen LogP contribution in [0.15, 0.2) is 0 Å². The number of hydrogen-bond donors (Lipinski definition) is 0. The van der Waals surface area contributed by atoms with Crippen LogP contribution in [0.4, 0.5) is 0 Å². The van der Waals surface area contributed by atoms with Crippen molar-refractivity contribution in [1.82, 2.24) is 4.90 Å². The first-order chi connectivity index (χ1) is 8.93. The number of rotatable bonds is 1. The second-order valence-corrected chi connectivity index (χ2v) is 8.31. The summed E-state index contributed by atoms with van der Waals surface area (Å²) in [7, 11) is 2.25. The number of nitrogens with zero attached hydrogens (tertiary/aromatic N) is 1. The highest BCUT2D eigenvalue weighted by atomic mass is 16.6. The second kappa shape index (κ2) is 2.61. The molecule has 0 radical (unpaired) electrons. The van der Waals surface area contributed by atoms with E-state index in [9.17, 15) is 4.79 Å². The first kappa shape index (κ1) is 11.1. The lowest BCUT2D eigenvalue weighted by molar-refractivity contribution is -0.187. The molecule has 0 aromatic carbocycles. The van der Waals surface area contributed by atoms with E-state index < -0.39 is 0 Å². The predicted molar refractivity (Wildman–Crippen MR) is 70.3 cm³/mol. The van der Waals surface area contributed by atoms with Crippen LogP contribution in [0.2, 0.25) is 0 Å². The maximum Gasteiger partial charge on any atom is 0.317 e. The molecule has 0 bridgehead atoms. The minimum Gasteiger partial charge on any atom is -0.455 e. The van der Waals surface area contributed by atoms with Gasteiger partial charge in [-0.2, -0.15) is 0 Å². The quantitative estimate of drug-likeness (QED) is 0.675. The van der Waals surface area contributed by atoms with Gasteiger partial charge in [0.15, 0.2) is 0 Å². The minimum atomic E-state index is -0.0956. The zero-order chi connectivity index (χ0) is 13.4. The van der Waals surface area contributed by atoms with Gasteiger partial charge in [0.2, 0.25) is 0 Å². The average molecular weight is 261 g/mol. The third-order valence-electron chi connectivity index (χ3n) is 7.71. The molecule has 0 spiro atoms. The predicted octanol–water partition coefficient (Wildman–Crippen LogP) is 1.91. The molecular formula is C16H23NO2. The van der Waals surface area contributed by atoms with Crippen LogP contribution in [0.1, 0.15) is 33.6 Å². The van der Waals surface area contributed by atoms with E-state index in [2.05, 4.69) is 32.7 Å². The molecule has 3 aliphatic carbocycles. The molecule has 7 unspecified atom stereocenters. The van der Waals surface area contributed by atoms with Crippen molar-refractivity contribution >= 4 is 5.97 Å². The topological polar surface area (TPSA) is 29.5 Å². The van der Waals surface area contributed by atoms with Crippen molar-refractivity contribution in [2.75, 3.05) is 13.6 Å². The standard InChI is InChI=1S/C16H23NO2/c1-8(2)11-15-10-6-5-9-7-17(4)12(14(9,10)3)16(11,15)19-13(15)18/h8-12H,5-7H2,1-4H3. The van der Waals surface area contributed by atoms with Crippen molar-refractivity contribution in [1.29, 1.82) is 0 Å². The summed E-state index contributed by atoms with van der Waals surface area (Å²) in [5, 5.41) is 0. The van der Waals surface area contributed by atoms with Crippen molar-refractivity contribution in [2.45, 2.75) is 45.3 Å². The zero-order valence-corrected chi connectivity index (χ0v) is 12.3. The lowest BCUT2D eigenvalue weighted by Gasteiger charge is -2.38. The van der Waals surface area contributed by atoms with Crippen LogP contribution in [0, 0.1) is 34.5 Å². The molecule has 5 fully saturated rings. The van der Waals surface area contributed by atoms with Gasteiger partial charge < -0.3 is 4.74 Å². The van der Waals surface area contributed by atoms with E-state index in [-0.39, 0.29) is 17.0 Å². The number of esters is 1. The number of carbonyl (C=O) groups excluding carboxylic acids is 1.